The summed E-state index contributed by atoms with van der Waals surface area (Å²) in [5.74, 6) is 0.567. The van der Waals surface area contributed by atoms with E-state index >= 15 is 0 Å². The summed E-state index contributed by atoms with van der Waals surface area (Å²) in [4.78, 5) is 0. The van der Waals surface area contributed by atoms with E-state index in [9.17, 15) is 8.42 Å². The molecule has 1 rings (SSSR count). The average Bonchev–Trinajstić information content (AvgIpc) is 2.55. The highest BCUT2D eigenvalue weighted by Crippen LogP contribution is 2.13. The van der Waals surface area contributed by atoms with Crippen LogP contribution in [0.2, 0.25) is 0 Å². The van der Waals surface area contributed by atoms with Gasteiger partial charge in [-0.3, -0.25) is 0 Å². The van der Waals surface area contributed by atoms with Crippen LogP contribution in [0.3, 0.4) is 0 Å². The molecule has 6 heteroatoms. The normalized spacial score (nSPS) is 25.8. The molecule has 3 N–H and O–H groups in total. The maximum absolute atomic E-state index is 11.3. The highest BCUT2D eigenvalue weighted by Gasteiger charge is 2.29. The van der Waals surface area contributed by atoms with Gasteiger partial charge in [-0.15, -0.1) is 0 Å². The lowest BCUT2D eigenvalue weighted by molar-refractivity contribution is 0.157. The Morgan fingerprint density at radius 2 is 2.31 bits per heavy atom. The second-order valence-electron chi connectivity index (χ2n) is 4.35. The minimum atomic E-state index is -2.80. The van der Waals surface area contributed by atoms with Crippen LogP contribution in [0.1, 0.15) is 19.3 Å². The van der Waals surface area contributed by atoms with Gasteiger partial charge < -0.3 is 15.8 Å². The van der Waals surface area contributed by atoms with Crippen molar-refractivity contribution in [3.05, 3.63) is 0 Å². The summed E-state index contributed by atoms with van der Waals surface area (Å²) in [5, 5.41) is 3.35. The molecule has 1 fully saturated rings. The Morgan fingerprint density at radius 3 is 2.81 bits per heavy atom. The SMILES string of the molecule is COCC(CCCN)NC1CCS(=O)(=O)C1. The second kappa shape index (κ2) is 6.54. The van der Waals surface area contributed by atoms with Gasteiger partial charge in [-0.2, -0.15) is 0 Å². The average molecular weight is 250 g/mol. The topological polar surface area (TPSA) is 81.4 Å². The summed E-state index contributed by atoms with van der Waals surface area (Å²) >= 11 is 0. The summed E-state index contributed by atoms with van der Waals surface area (Å²) < 4.78 is 27.7. The van der Waals surface area contributed by atoms with Gasteiger partial charge in [0.15, 0.2) is 9.84 Å². The van der Waals surface area contributed by atoms with E-state index in [1.165, 1.54) is 0 Å². The van der Waals surface area contributed by atoms with Gasteiger partial charge in [0, 0.05) is 19.2 Å². The Hall–Kier alpha value is -0.170. The van der Waals surface area contributed by atoms with E-state index in [1.807, 2.05) is 0 Å². The number of nitrogens with one attached hydrogen (secondary N) is 1. The van der Waals surface area contributed by atoms with E-state index in [0.29, 0.717) is 25.3 Å². The molecule has 2 atom stereocenters. The van der Waals surface area contributed by atoms with E-state index in [0.717, 1.165) is 12.8 Å². The molecule has 1 heterocycles. The zero-order valence-electron chi connectivity index (χ0n) is 9.81. The van der Waals surface area contributed by atoms with Crippen molar-refractivity contribution in [3.63, 3.8) is 0 Å². The van der Waals surface area contributed by atoms with Crippen molar-refractivity contribution in [2.24, 2.45) is 5.73 Å². The number of nitrogens with two attached hydrogens (primary N) is 1. The van der Waals surface area contributed by atoms with E-state index in [1.54, 1.807) is 7.11 Å². The van der Waals surface area contributed by atoms with E-state index in [4.69, 9.17) is 10.5 Å². The lowest BCUT2D eigenvalue weighted by Gasteiger charge is -2.21. The van der Waals surface area contributed by atoms with Gasteiger partial charge in [0.25, 0.3) is 0 Å². The number of hydrogen-bond acceptors (Lipinski definition) is 5. The molecular formula is C10H22N2O3S. The molecule has 0 aromatic carbocycles. The van der Waals surface area contributed by atoms with Crippen molar-refractivity contribution in [3.8, 4) is 0 Å². The Morgan fingerprint density at radius 1 is 1.56 bits per heavy atom. The minimum absolute atomic E-state index is 0.0860. The quantitative estimate of drug-likeness (QED) is 0.637. The Balaban J connectivity index is 2.36. The Labute approximate surface area is 97.6 Å². The molecule has 0 saturated carbocycles. The molecule has 96 valence electrons. The molecule has 5 nitrogen and oxygen atoms in total. The summed E-state index contributed by atoms with van der Waals surface area (Å²) in [6.45, 7) is 1.27. The van der Waals surface area contributed by atoms with Gasteiger partial charge in [0.1, 0.15) is 0 Å². The number of hydrogen-bond donors (Lipinski definition) is 2. The molecule has 0 bridgehead atoms. The third-order valence-corrected chi connectivity index (χ3v) is 4.60. The molecule has 2 unspecified atom stereocenters. The zero-order valence-corrected chi connectivity index (χ0v) is 10.6. The smallest absolute Gasteiger partial charge is 0.151 e. The van der Waals surface area contributed by atoms with E-state index in [2.05, 4.69) is 5.32 Å². The Bertz CT molecular complexity index is 292. The van der Waals surface area contributed by atoms with Crippen LogP contribution in [0.15, 0.2) is 0 Å². The molecule has 0 amide bonds. The highest BCUT2D eigenvalue weighted by atomic mass is 32.2. The van der Waals surface area contributed by atoms with Crippen molar-refractivity contribution in [1.29, 1.82) is 0 Å². The van der Waals surface area contributed by atoms with Crippen LogP contribution >= 0.6 is 0 Å². The van der Waals surface area contributed by atoms with Crippen molar-refractivity contribution in [1.82, 2.24) is 5.32 Å². The molecule has 1 aliphatic heterocycles. The molecule has 0 aliphatic carbocycles. The van der Waals surface area contributed by atoms with Gasteiger partial charge >= 0.3 is 0 Å². The predicted molar refractivity (Wildman–Crippen MR) is 64.1 cm³/mol. The standard InChI is InChI=1S/C10H22N2O3S/c1-15-7-9(3-2-5-11)12-10-4-6-16(13,14)8-10/h9-10,12H,2-8,11H2,1H3. The zero-order chi connectivity index (χ0) is 12.0. The lowest BCUT2D eigenvalue weighted by atomic mass is 10.1. The lowest BCUT2D eigenvalue weighted by Crippen LogP contribution is -2.41. The summed E-state index contributed by atoms with van der Waals surface area (Å²) in [5.41, 5.74) is 5.46. The van der Waals surface area contributed by atoms with Gasteiger partial charge in [0.05, 0.1) is 18.1 Å². The van der Waals surface area contributed by atoms with Crippen LogP contribution in [-0.4, -0.2) is 52.3 Å². The fraction of sp³-hybridized carbons (Fsp3) is 1.00. The summed E-state index contributed by atoms with van der Waals surface area (Å²) in [7, 11) is -1.15. The summed E-state index contributed by atoms with van der Waals surface area (Å²) in [6, 6.07) is 0.301. The van der Waals surface area contributed by atoms with Crippen molar-refractivity contribution in [2.45, 2.75) is 31.3 Å². The molecule has 0 spiro atoms. The molecular weight excluding hydrogens is 228 g/mol. The van der Waals surface area contributed by atoms with Crippen LogP contribution in [-0.2, 0) is 14.6 Å². The van der Waals surface area contributed by atoms with Gasteiger partial charge in [-0.1, -0.05) is 0 Å². The number of sulfone groups is 1. The van der Waals surface area contributed by atoms with Gasteiger partial charge in [0.2, 0.25) is 0 Å². The van der Waals surface area contributed by atoms with Crippen LogP contribution in [0.5, 0.6) is 0 Å². The van der Waals surface area contributed by atoms with Crippen molar-refractivity contribution >= 4 is 9.84 Å². The van der Waals surface area contributed by atoms with Gasteiger partial charge in [-0.05, 0) is 25.8 Å². The van der Waals surface area contributed by atoms with Crippen LogP contribution in [0.25, 0.3) is 0 Å². The first-order valence-corrected chi connectivity index (χ1v) is 7.55. The van der Waals surface area contributed by atoms with Crippen LogP contribution in [0.4, 0.5) is 0 Å². The largest absolute Gasteiger partial charge is 0.383 e. The minimum Gasteiger partial charge on any atom is -0.383 e. The first-order chi connectivity index (χ1) is 7.57. The number of ether oxygens (including phenoxy) is 1. The van der Waals surface area contributed by atoms with Crippen LogP contribution < -0.4 is 11.1 Å². The molecule has 16 heavy (non-hydrogen) atoms. The highest BCUT2D eigenvalue weighted by molar-refractivity contribution is 7.91. The number of methoxy groups -OCH3 is 1. The number of rotatable bonds is 7. The molecule has 0 aromatic heterocycles. The maximum atomic E-state index is 11.3. The van der Waals surface area contributed by atoms with E-state index in [-0.39, 0.29) is 17.8 Å². The van der Waals surface area contributed by atoms with Gasteiger partial charge in [-0.25, -0.2) is 8.42 Å². The third kappa shape index (κ3) is 4.78. The molecule has 1 aliphatic rings. The summed E-state index contributed by atoms with van der Waals surface area (Å²) in [6.07, 6.45) is 2.58. The predicted octanol–water partition coefficient (Wildman–Crippen LogP) is -0.483. The fourth-order valence-corrected chi connectivity index (χ4v) is 3.73. The van der Waals surface area contributed by atoms with Crippen molar-refractivity contribution < 1.29 is 13.2 Å². The molecule has 1 saturated heterocycles. The monoisotopic (exact) mass is 250 g/mol. The van der Waals surface area contributed by atoms with Crippen LogP contribution in [0, 0.1) is 0 Å². The first-order valence-electron chi connectivity index (χ1n) is 5.73. The molecule has 0 radical (unpaired) electrons. The fourth-order valence-electron chi connectivity index (χ4n) is 2.04. The first kappa shape index (κ1) is 13.9. The van der Waals surface area contributed by atoms with Crippen molar-refractivity contribution in [2.75, 3.05) is 31.8 Å². The van der Waals surface area contributed by atoms with E-state index < -0.39 is 9.84 Å². The second-order valence-corrected chi connectivity index (χ2v) is 6.58. The maximum Gasteiger partial charge on any atom is 0.151 e. The Kier molecular flexibility index (Phi) is 5.68. The third-order valence-electron chi connectivity index (χ3n) is 2.83. The molecule has 0 aromatic rings.